The standard InChI is InChI=1S/C23H28N4O4S/c1-17-5-3-4-6-18(17)16-24-23(28)10-9-22-25-20-15-19(7-8-21(20)26(22)2)32(29,30)27-11-13-31-14-12-27/h3-8,15H,9-14,16H2,1-2H3,(H,24,28). The first-order chi connectivity index (χ1) is 15.4. The molecule has 1 saturated heterocycles. The average Bonchev–Trinajstić information content (AvgIpc) is 3.12. The van der Waals surface area contributed by atoms with Gasteiger partial charge in [-0.3, -0.25) is 4.79 Å². The molecule has 0 unspecified atom stereocenters. The fourth-order valence-corrected chi connectivity index (χ4v) is 5.29. The molecule has 170 valence electrons. The number of aromatic nitrogens is 2. The van der Waals surface area contributed by atoms with Crippen LogP contribution in [0.25, 0.3) is 11.0 Å². The number of nitrogens with one attached hydrogen (secondary N) is 1. The van der Waals surface area contributed by atoms with E-state index in [1.54, 1.807) is 18.2 Å². The quantitative estimate of drug-likeness (QED) is 0.588. The monoisotopic (exact) mass is 456 g/mol. The zero-order valence-corrected chi connectivity index (χ0v) is 19.2. The Morgan fingerprint density at radius 3 is 2.66 bits per heavy atom. The Hall–Kier alpha value is -2.75. The van der Waals surface area contributed by atoms with Gasteiger partial charge in [-0.15, -0.1) is 0 Å². The first kappa shape index (κ1) is 22.4. The van der Waals surface area contributed by atoms with Gasteiger partial charge in [0.1, 0.15) is 5.82 Å². The van der Waals surface area contributed by atoms with E-state index >= 15 is 0 Å². The molecular formula is C23H28N4O4S. The summed E-state index contributed by atoms with van der Waals surface area (Å²) in [5.74, 6) is 0.697. The van der Waals surface area contributed by atoms with Crippen LogP contribution in [0.2, 0.25) is 0 Å². The van der Waals surface area contributed by atoms with Crippen LogP contribution in [-0.4, -0.2) is 54.5 Å². The topological polar surface area (TPSA) is 93.5 Å². The lowest BCUT2D eigenvalue weighted by atomic mass is 10.1. The minimum absolute atomic E-state index is 0.0455. The predicted octanol–water partition coefficient (Wildman–Crippen LogP) is 2.15. The van der Waals surface area contributed by atoms with Crippen molar-refractivity contribution in [2.45, 2.75) is 31.2 Å². The Morgan fingerprint density at radius 2 is 1.91 bits per heavy atom. The molecule has 4 rings (SSSR count). The number of fused-ring (bicyclic) bond motifs is 1. The molecule has 2 heterocycles. The molecule has 2 aromatic carbocycles. The van der Waals surface area contributed by atoms with Crippen LogP contribution >= 0.6 is 0 Å². The van der Waals surface area contributed by atoms with Gasteiger partial charge in [0.05, 0.1) is 29.1 Å². The lowest BCUT2D eigenvalue weighted by Gasteiger charge is -2.26. The van der Waals surface area contributed by atoms with Crippen molar-refractivity contribution < 1.29 is 17.9 Å². The van der Waals surface area contributed by atoms with Gasteiger partial charge in [0, 0.05) is 39.5 Å². The van der Waals surface area contributed by atoms with E-state index in [2.05, 4.69) is 10.3 Å². The number of amides is 1. The highest BCUT2D eigenvalue weighted by molar-refractivity contribution is 7.89. The molecule has 9 heteroatoms. The number of nitrogens with zero attached hydrogens (tertiary/aromatic N) is 3. The van der Waals surface area contributed by atoms with Crippen LogP contribution in [0, 0.1) is 6.92 Å². The molecule has 0 saturated carbocycles. The number of morpholine rings is 1. The molecule has 0 aliphatic carbocycles. The lowest BCUT2D eigenvalue weighted by molar-refractivity contribution is -0.121. The van der Waals surface area contributed by atoms with Crippen LogP contribution < -0.4 is 5.32 Å². The molecule has 1 N–H and O–H groups in total. The zero-order chi connectivity index (χ0) is 22.7. The van der Waals surface area contributed by atoms with Gasteiger partial charge in [0.2, 0.25) is 15.9 Å². The third kappa shape index (κ3) is 4.69. The van der Waals surface area contributed by atoms with Crippen molar-refractivity contribution in [3.8, 4) is 0 Å². The van der Waals surface area contributed by atoms with Crippen molar-refractivity contribution in [2.75, 3.05) is 26.3 Å². The van der Waals surface area contributed by atoms with Crippen LogP contribution in [0.1, 0.15) is 23.4 Å². The molecule has 3 aromatic rings. The molecule has 0 bridgehead atoms. The van der Waals surface area contributed by atoms with Gasteiger partial charge >= 0.3 is 0 Å². The smallest absolute Gasteiger partial charge is 0.243 e. The Morgan fingerprint density at radius 1 is 1.16 bits per heavy atom. The number of ether oxygens (including phenoxy) is 1. The number of sulfonamides is 1. The Balaban J connectivity index is 1.44. The number of aryl methyl sites for hydroxylation is 3. The summed E-state index contributed by atoms with van der Waals surface area (Å²) < 4.78 is 34.5. The molecule has 0 spiro atoms. The van der Waals surface area contributed by atoms with Gasteiger partial charge < -0.3 is 14.6 Å². The van der Waals surface area contributed by atoms with Gasteiger partial charge in [-0.1, -0.05) is 24.3 Å². The highest BCUT2D eigenvalue weighted by atomic mass is 32.2. The van der Waals surface area contributed by atoms with E-state index in [1.165, 1.54) is 4.31 Å². The summed E-state index contributed by atoms with van der Waals surface area (Å²) in [7, 11) is -1.70. The molecule has 1 aromatic heterocycles. The highest BCUT2D eigenvalue weighted by Gasteiger charge is 2.27. The number of carbonyl (C=O) groups excluding carboxylic acids is 1. The number of hydrogen-bond donors (Lipinski definition) is 1. The molecule has 8 nitrogen and oxygen atoms in total. The molecule has 1 aliphatic heterocycles. The van der Waals surface area contributed by atoms with Gasteiger partial charge in [-0.05, 0) is 36.2 Å². The zero-order valence-electron chi connectivity index (χ0n) is 18.4. The number of benzene rings is 2. The minimum Gasteiger partial charge on any atom is -0.379 e. The highest BCUT2D eigenvalue weighted by Crippen LogP contribution is 2.23. The van der Waals surface area contributed by atoms with E-state index in [9.17, 15) is 13.2 Å². The van der Waals surface area contributed by atoms with Crippen LogP contribution in [0.5, 0.6) is 0 Å². The summed E-state index contributed by atoms with van der Waals surface area (Å²) in [5.41, 5.74) is 3.68. The first-order valence-electron chi connectivity index (χ1n) is 10.7. The second-order valence-electron chi connectivity index (χ2n) is 7.96. The van der Waals surface area contributed by atoms with Crippen molar-refractivity contribution in [1.82, 2.24) is 19.2 Å². The largest absolute Gasteiger partial charge is 0.379 e. The Labute approximate surface area is 188 Å². The van der Waals surface area contributed by atoms with Crippen molar-refractivity contribution >= 4 is 27.0 Å². The summed E-state index contributed by atoms with van der Waals surface area (Å²) in [4.78, 5) is 17.2. The summed E-state index contributed by atoms with van der Waals surface area (Å²) in [6.45, 7) is 4.03. The van der Waals surface area contributed by atoms with E-state index < -0.39 is 10.0 Å². The van der Waals surface area contributed by atoms with Gasteiger partial charge in [0.15, 0.2) is 0 Å². The molecule has 1 fully saturated rings. The summed E-state index contributed by atoms with van der Waals surface area (Å²) in [6, 6.07) is 13.0. The molecule has 0 atom stereocenters. The number of carbonyl (C=O) groups is 1. The maximum Gasteiger partial charge on any atom is 0.243 e. The van der Waals surface area contributed by atoms with Crippen molar-refractivity contribution in [2.24, 2.45) is 7.05 Å². The van der Waals surface area contributed by atoms with Crippen LogP contribution in [0.4, 0.5) is 0 Å². The average molecular weight is 457 g/mol. The van der Waals surface area contributed by atoms with E-state index in [4.69, 9.17) is 4.74 Å². The van der Waals surface area contributed by atoms with E-state index in [1.807, 2.05) is 42.8 Å². The second kappa shape index (κ2) is 9.40. The summed E-state index contributed by atoms with van der Waals surface area (Å²) in [6.07, 6.45) is 0.776. The van der Waals surface area contributed by atoms with Gasteiger partial charge in [-0.25, -0.2) is 13.4 Å². The van der Waals surface area contributed by atoms with Crippen molar-refractivity contribution in [3.05, 3.63) is 59.4 Å². The maximum atomic E-state index is 12.9. The number of rotatable bonds is 7. The van der Waals surface area contributed by atoms with Crippen LogP contribution in [-0.2, 0) is 39.6 Å². The normalized spacial score (nSPS) is 15.2. The summed E-state index contributed by atoms with van der Waals surface area (Å²) >= 11 is 0. The SMILES string of the molecule is Cc1ccccc1CNC(=O)CCc1nc2cc(S(=O)(=O)N3CCOCC3)ccc2n1C. The lowest BCUT2D eigenvalue weighted by Crippen LogP contribution is -2.40. The minimum atomic E-state index is -3.58. The molecular weight excluding hydrogens is 428 g/mol. The van der Waals surface area contributed by atoms with Crippen molar-refractivity contribution in [3.63, 3.8) is 0 Å². The Kier molecular flexibility index (Phi) is 6.59. The first-order valence-corrected chi connectivity index (χ1v) is 12.1. The van der Waals surface area contributed by atoms with Gasteiger partial charge in [-0.2, -0.15) is 4.31 Å². The molecule has 1 aliphatic rings. The van der Waals surface area contributed by atoms with E-state index in [0.29, 0.717) is 51.2 Å². The number of hydrogen-bond acceptors (Lipinski definition) is 5. The summed E-state index contributed by atoms with van der Waals surface area (Å²) in [5, 5.41) is 2.96. The molecule has 0 radical (unpaired) electrons. The number of imidazole rings is 1. The third-order valence-electron chi connectivity index (χ3n) is 5.87. The van der Waals surface area contributed by atoms with Crippen LogP contribution in [0.15, 0.2) is 47.4 Å². The molecule has 32 heavy (non-hydrogen) atoms. The predicted molar refractivity (Wildman–Crippen MR) is 122 cm³/mol. The molecule has 1 amide bonds. The van der Waals surface area contributed by atoms with E-state index in [0.717, 1.165) is 22.5 Å². The third-order valence-corrected chi connectivity index (χ3v) is 7.76. The van der Waals surface area contributed by atoms with Gasteiger partial charge in [0.25, 0.3) is 0 Å². The van der Waals surface area contributed by atoms with Crippen LogP contribution in [0.3, 0.4) is 0 Å². The van der Waals surface area contributed by atoms with Crippen molar-refractivity contribution in [1.29, 1.82) is 0 Å². The second-order valence-corrected chi connectivity index (χ2v) is 9.90. The van der Waals surface area contributed by atoms with E-state index in [-0.39, 0.29) is 10.8 Å². The fraction of sp³-hybridized carbons (Fsp3) is 0.391. The fourth-order valence-electron chi connectivity index (χ4n) is 3.87. The maximum absolute atomic E-state index is 12.9. The Bertz CT molecular complexity index is 1230.